The third-order valence-corrected chi connectivity index (χ3v) is 15.9. The zero-order valence-corrected chi connectivity index (χ0v) is 36.9. The van der Waals surface area contributed by atoms with Gasteiger partial charge < -0.3 is 4.42 Å². The van der Waals surface area contributed by atoms with Gasteiger partial charge in [-0.25, -0.2) is 0 Å². The molecule has 0 radical (unpaired) electrons. The van der Waals surface area contributed by atoms with Gasteiger partial charge in [0, 0.05) is 43.8 Å². The van der Waals surface area contributed by atoms with Crippen LogP contribution in [0.1, 0.15) is 47.5 Å². The first-order valence-corrected chi connectivity index (χ1v) is 25.4. The second-order valence-electron chi connectivity index (χ2n) is 18.7. The number of hydrogen-bond donors (Lipinski definition) is 0. The fraction of sp³-hybridized carbons (Fsp3) is 0.138. The van der Waals surface area contributed by atoms with Crippen molar-refractivity contribution in [2.75, 3.05) is 0 Å². The Bertz CT molecular complexity index is 3950. The Balaban J connectivity index is 1.32. The maximum Gasteiger partial charge on any atom is 0.364 e. The largest absolute Gasteiger partial charge is 0.454 e. The van der Waals surface area contributed by atoms with Crippen molar-refractivity contribution in [2.24, 2.45) is 0 Å². The average molecular weight is 834 g/mol. The molecule has 4 nitrogen and oxygen atoms in total. The predicted molar refractivity (Wildman–Crippen MR) is 262 cm³/mol. The molecule has 5 heterocycles. The fourth-order valence-corrected chi connectivity index (χ4v) is 12.9. The molecule has 3 aromatic heterocycles. The molecule has 0 fully saturated rings. The fourth-order valence-electron chi connectivity index (χ4n) is 11.2. The Hall–Kier alpha value is -7.08. The Morgan fingerprint density at radius 3 is 2.14 bits per heavy atom. The van der Waals surface area contributed by atoms with E-state index in [1.807, 2.05) is 26.0 Å². The minimum absolute atomic E-state index is 0.279. The van der Waals surface area contributed by atoms with Crippen LogP contribution in [0.5, 0.6) is 0 Å². The predicted octanol–water partition coefficient (Wildman–Crippen LogP) is 13.3. The van der Waals surface area contributed by atoms with E-state index in [9.17, 15) is 1.37 Å². The molecule has 0 saturated heterocycles. The SMILES string of the molecule is [2H]C([2H])([2H])c1ccc2c(c1)C1(c3ccc4c(oc5c6ccccc6ccc45)c3-c3n(-c4ccccc4-c4ccccc4)c4c5ccccc5ccc4[n+]31)[n+]1cc([Si](C)(C)C)c(C([2H])(C)C)cc1-2. The zero-order valence-electron chi connectivity index (χ0n) is 39.9. The van der Waals surface area contributed by atoms with Crippen molar-refractivity contribution in [1.29, 1.82) is 0 Å². The Labute approximate surface area is 373 Å². The van der Waals surface area contributed by atoms with E-state index in [2.05, 4.69) is 185 Å². The molecule has 0 amide bonds. The molecule has 1 unspecified atom stereocenters. The number of rotatable bonds is 4. The summed E-state index contributed by atoms with van der Waals surface area (Å²) in [6.45, 7) is 8.66. The van der Waals surface area contributed by atoms with Crippen molar-refractivity contribution < 1.29 is 19.0 Å². The number of nitrogens with zero attached hydrogens (tertiary/aromatic N) is 3. The Morgan fingerprint density at radius 2 is 1.35 bits per heavy atom. The number of para-hydroxylation sites is 1. The Morgan fingerprint density at radius 1 is 0.651 bits per heavy atom. The van der Waals surface area contributed by atoms with Gasteiger partial charge in [0.1, 0.15) is 16.8 Å². The van der Waals surface area contributed by atoms with E-state index in [4.69, 9.17) is 8.53 Å². The molecule has 302 valence electrons. The third-order valence-electron chi connectivity index (χ3n) is 13.9. The minimum atomic E-state index is -2.37. The summed E-state index contributed by atoms with van der Waals surface area (Å²) in [6.07, 6.45) is 2.34. The third kappa shape index (κ3) is 4.75. The van der Waals surface area contributed by atoms with E-state index in [0.717, 1.165) is 111 Å². The number of imidazole rings is 1. The highest BCUT2D eigenvalue weighted by molar-refractivity contribution is 6.89. The molecule has 2 aliphatic rings. The van der Waals surface area contributed by atoms with E-state index < -0.39 is 26.5 Å². The van der Waals surface area contributed by atoms with E-state index >= 15 is 0 Å². The summed E-state index contributed by atoms with van der Waals surface area (Å²) in [5.41, 5.74) is 11.7. The van der Waals surface area contributed by atoms with Gasteiger partial charge in [-0.3, -0.25) is 0 Å². The quantitative estimate of drug-likeness (QED) is 0.128. The van der Waals surface area contributed by atoms with E-state index in [0.29, 0.717) is 0 Å². The molecule has 1 atom stereocenters. The van der Waals surface area contributed by atoms with E-state index in [-0.39, 0.29) is 5.56 Å². The molecular formula is C58H47N3OSi+2. The van der Waals surface area contributed by atoms with Crippen LogP contribution >= 0.6 is 0 Å². The molecule has 11 aromatic rings. The second-order valence-corrected chi connectivity index (χ2v) is 23.7. The van der Waals surface area contributed by atoms with Gasteiger partial charge in [0.25, 0.3) is 0 Å². The molecule has 2 aliphatic heterocycles. The first-order valence-electron chi connectivity index (χ1n) is 23.9. The van der Waals surface area contributed by atoms with E-state index in [1.165, 1.54) is 5.19 Å². The van der Waals surface area contributed by atoms with Crippen LogP contribution in [0.25, 0.3) is 94.0 Å². The van der Waals surface area contributed by atoms with Crippen LogP contribution in [0.3, 0.4) is 0 Å². The standard InChI is InChI=1S/C58H47N3OSi/c1-35(2)46-33-51-45-27-24-36(3)32-48(45)58(59(51)34-52(46)63(4,5)6)47-30-29-44-43-28-25-39-19-11-13-22-42(39)55(43)62-56(44)53(47)57-60(49-23-15-14-20-40(49)37-16-8-7-9-17-37)54-41-21-12-10-18-38(41)26-31-50(54)61(57)58/h7-35H,1-6H3/q+2/i3D3,35D. The summed E-state index contributed by atoms with van der Waals surface area (Å²) in [7, 11) is -2.16. The molecule has 5 heteroatoms. The lowest BCUT2D eigenvalue weighted by Crippen LogP contribution is -2.72. The van der Waals surface area contributed by atoms with Gasteiger partial charge in [0.2, 0.25) is 5.69 Å². The Kier molecular flexibility index (Phi) is 6.60. The van der Waals surface area contributed by atoms with Gasteiger partial charge in [-0.1, -0.05) is 142 Å². The number of aryl methyl sites for hydroxylation is 1. The summed E-state index contributed by atoms with van der Waals surface area (Å²) >= 11 is 0. The number of hydrogen-bond acceptors (Lipinski definition) is 1. The van der Waals surface area contributed by atoms with Gasteiger partial charge in [-0.05, 0) is 89.2 Å². The molecule has 0 bridgehead atoms. The van der Waals surface area contributed by atoms with Crippen molar-refractivity contribution in [3.8, 4) is 39.5 Å². The molecule has 8 aromatic carbocycles. The zero-order chi connectivity index (χ0) is 45.9. The number of pyridine rings is 1. The topological polar surface area (TPSA) is 25.8 Å². The maximum absolute atomic E-state index is 9.58. The van der Waals surface area contributed by atoms with Crippen LogP contribution in [0.2, 0.25) is 19.6 Å². The molecule has 0 aliphatic carbocycles. The number of furan rings is 1. The van der Waals surface area contributed by atoms with Crippen LogP contribution < -0.4 is 14.3 Å². The van der Waals surface area contributed by atoms with Crippen LogP contribution in [0.4, 0.5) is 0 Å². The lowest BCUT2D eigenvalue weighted by Gasteiger charge is -2.25. The molecule has 13 rings (SSSR count). The maximum atomic E-state index is 9.58. The van der Waals surface area contributed by atoms with Gasteiger partial charge >= 0.3 is 11.5 Å². The monoisotopic (exact) mass is 833 g/mol. The summed E-state index contributed by atoms with van der Waals surface area (Å²) < 4.78 is 50.9. The highest BCUT2D eigenvalue weighted by Gasteiger charge is 2.67. The smallest absolute Gasteiger partial charge is 0.364 e. The van der Waals surface area contributed by atoms with Crippen molar-refractivity contribution >= 4 is 67.8 Å². The molecule has 1 spiro atoms. The number of aromatic nitrogens is 3. The van der Waals surface area contributed by atoms with Crippen molar-refractivity contribution in [2.45, 2.75) is 51.9 Å². The van der Waals surface area contributed by atoms with Crippen LogP contribution in [0.15, 0.2) is 174 Å². The highest BCUT2D eigenvalue weighted by Crippen LogP contribution is 2.54. The highest BCUT2D eigenvalue weighted by atomic mass is 28.3. The molecule has 0 saturated carbocycles. The van der Waals surface area contributed by atoms with Crippen LogP contribution in [0, 0.1) is 6.85 Å². The van der Waals surface area contributed by atoms with Crippen molar-refractivity contribution in [1.82, 2.24) is 4.57 Å². The summed E-state index contributed by atoms with van der Waals surface area (Å²) in [6, 6.07) is 57.6. The number of benzene rings is 8. The number of fused-ring (bicyclic) bond motifs is 20. The second kappa shape index (κ2) is 12.7. The molecule has 63 heavy (non-hydrogen) atoms. The van der Waals surface area contributed by atoms with E-state index in [1.54, 1.807) is 6.07 Å². The normalized spacial score (nSPS) is 16.7. The van der Waals surface area contributed by atoms with Crippen LogP contribution in [-0.4, -0.2) is 12.6 Å². The van der Waals surface area contributed by atoms with Crippen molar-refractivity contribution in [3.05, 3.63) is 192 Å². The van der Waals surface area contributed by atoms with Gasteiger partial charge in [0.15, 0.2) is 22.8 Å². The van der Waals surface area contributed by atoms with Crippen molar-refractivity contribution in [3.63, 3.8) is 0 Å². The van der Waals surface area contributed by atoms with Gasteiger partial charge in [-0.15, -0.1) is 9.13 Å². The molecular weight excluding hydrogens is 783 g/mol. The molecule has 0 N–H and O–H groups in total. The lowest BCUT2D eigenvalue weighted by atomic mass is 9.88. The average Bonchev–Trinajstić information content (AvgIpc) is 4.04. The van der Waals surface area contributed by atoms with Gasteiger partial charge in [-0.2, -0.15) is 4.57 Å². The minimum Gasteiger partial charge on any atom is -0.454 e. The summed E-state index contributed by atoms with van der Waals surface area (Å²) in [5, 5.41) is 7.59. The van der Waals surface area contributed by atoms with Crippen LogP contribution in [-0.2, 0) is 5.66 Å². The first kappa shape index (κ1) is 32.6. The first-order chi connectivity index (χ1) is 32.2. The summed E-state index contributed by atoms with van der Waals surface area (Å²) in [5.74, 6) is 0.0361. The van der Waals surface area contributed by atoms with Gasteiger partial charge in [0.05, 0.1) is 24.8 Å². The summed E-state index contributed by atoms with van der Waals surface area (Å²) in [4.78, 5) is 0. The lowest BCUT2D eigenvalue weighted by molar-refractivity contribution is -0.944.